The number of benzene rings is 2. The van der Waals surface area contributed by atoms with E-state index < -0.39 is 35.9 Å². The van der Waals surface area contributed by atoms with Crippen molar-refractivity contribution in [2.45, 2.75) is 76.8 Å². The fourth-order valence-corrected chi connectivity index (χ4v) is 4.75. The number of piperidine rings is 1. The van der Waals surface area contributed by atoms with Gasteiger partial charge in [0.2, 0.25) is 0 Å². The molecule has 1 N–H and O–H groups in total. The molecule has 7 heteroatoms. The lowest BCUT2D eigenvalue weighted by atomic mass is 9.81. The highest BCUT2D eigenvalue weighted by Gasteiger charge is 2.45. The van der Waals surface area contributed by atoms with Gasteiger partial charge in [0.05, 0.1) is 5.56 Å². The van der Waals surface area contributed by atoms with Crippen LogP contribution in [0.5, 0.6) is 0 Å². The summed E-state index contributed by atoms with van der Waals surface area (Å²) in [5.74, 6) is -0.214. The zero-order valence-electron chi connectivity index (χ0n) is 18.4. The lowest BCUT2D eigenvalue weighted by molar-refractivity contribution is -0.163. The second kappa shape index (κ2) is 9.46. The third-order valence-electron chi connectivity index (χ3n) is 6.10. The van der Waals surface area contributed by atoms with Gasteiger partial charge in [0.15, 0.2) is 0 Å². The Morgan fingerprint density at radius 3 is 2.12 bits per heavy atom. The van der Waals surface area contributed by atoms with E-state index in [0.717, 1.165) is 5.56 Å². The van der Waals surface area contributed by atoms with Gasteiger partial charge < -0.3 is 0 Å². The van der Waals surface area contributed by atoms with Gasteiger partial charge >= 0.3 is 12.4 Å². The summed E-state index contributed by atoms with van der Waals surface area (Å²) < 4.78 is 83.3. The second-order valence-corrected chi connectivity index (χ2v) is 9.17. The number of halogens is 6. The minimum Gasteiger partial charge on any atom is -0.299 e. The highest BCUT2D eigenvalue weighted by molar-refractivity contribution is 5.67. The Hall–Kier alpha value is -2.02. The number of hydrogen-bond donors (Lipinski definition) is 1. The first-order valence-electron chi connectivity index (χ1n) is 11.0. The summed E-state index contributed by atoms with van der Waals surface area (Å²) in [6.07, 6.45) is -8.31. The van der Waals surface area contributed by atoms with E-state index in [0.29, 0.717) is 12.0 Å². The van der Waals surface area contributed by atoms with Crippen molar-refractivity contribution in [3.8, 4) is 11.1 Å². The molecule has 176 valence electrons. The summed E-state index contributed by atoms with van der Waals surface area (Å²) in [7, 11) is 0. The summed E-state index contributed by atoms with van der Waals surface area (Å²) >= 11 is 0. The van der Waals surface area contributed by atoms with Gasteiger partial charge in [0, 0.05) is 6.04 Å². The van der Waals surface area contributed by atoms with Crippen LogP contribution >= 0.6 is 0 Å². The van der Waals surface area contributed by atoms with E-state index in [-0.39, 0.29) is 36.3 Å². The van der Waals surface area contributed by atoms with E-state index >= 15 is 0 Å². The van der Waals surface area contributed by atoms with Gasteiger partial charge in [-0.25, -0.2) is 0 Å². The molecule has 2 aromatic carbocycles. The minimum atomic E-state index is -4.67. The average molecular weight is 458 g/mol. The molecule has 0 amide bonds. The van der Waals surface area contributed by atoms with Crippen LogP contribution in [-0.4, -0.2) is 12.2 Å². The Morgan fingerprint density at radius 1 is 0.906 bits per heavy atom. The molecule has 3 unspecified atom stereocenters. The molecule has 0 spiro atoms. The molecule has 0 radical (unpaired) electrons. The fourth-order valence-electron chi connectivity index (χ4n) is 4.75. The second-order valence-electron chi connectivity index (χ2n) is 9.17. The zero-order valence-corrected chi connectivity index (χ0v) is 18.4. The lowest BCUT2D eigenvalue weighted by Gasteiger charge is -2.35. The van der Waals surface area contributed by atoms with Gasteiger partial charge in [0.25, 0.3) is 0 Å². The van der Waals surface area contributed by atoms with E-state index in [9.17, 15) is 26.3 Å². The van der Waals surface area contributed by atoms with Gasteiger partial charge in [0.1, 0.15) is 6.04 Å². The van der Waals surface area contributed by atoms with E-state index in [4.69, 9.17) is 0 Å². The van der Waals surface area contributed by atoms with Crippen molar-refractivity contribution < 1.29 is 26.3 Å². The third kappa shape index (κ3) is 5.66. The molecule has 0 saturated carbocycles. The number of hydrogen-bond acceptors (Lipinski definition) is 1. The molecule has 0 aromatic heterocycles. The Kier molecular flexibility index (Phi) is 7.28. The molecule has 0 bridgehead atoms. The first-order valence-corrected chi connectivity index (χ1v) is 11.0. The number of rotatable bonds is 5. The molecule has 1 nitrogen and oxygen atoms in total. The first kappa shape index (κ1) is 24.6. The standard InChI is InChI=1S/C25H29F6N/c1-15(2)12-16(3)19-13-18(17-8-5-4-6-9-17)14-20(23(19)25(29,30)31)21-10-7-11-22(32-21)24(26,27)28/h4-6,8-9,13-16,21-22,32H,7,10-12H2,1-3H3. The summed E-state index contributed by atoms with van der Waals surface area (Å²) in [6, 6.07) is 9.18. The van der Waals surface area contributed by atoms with Crippen molar-refractivity contribution in [2.75, 3.05) is 0 Å². The summed E-state index contributed by atoms with van der Waals surface area (Å²) in [4.78, 5) is 0. The molecule has 1 heterocycles. The summed E-state index contributed by atoms with van der Waals surface area (Å²) in [6.45, 7) is 5.65. The monoisotopic (exact) mass is 457 g/mol. The van der Waals surface area contributed by atoms with Crippen LogP contribution in [0.3, 0.4) is 0 Å². The Bertz CT molecular complexity index is 901. The van der Waals surface area contributed by atoms with Gasteiger partial charge in [-0.05, 0) is 65.8 Å². The minimum absolute atomic E-state index is 0.0848. The normalized spacial score (nSPS) is 21.1. The van der Waals surface area contributed by atoms with Crippen LogP contribution in [-0.2, 0) is 6.18 Å². The zero-order chi connectivity index (χ0) is 23.7. The maximum atomic E-state index is 14.4. The molecule has 2 aromatic rings. The first-order chi connectivity index (χ1) is 14.9. The third-order valence-corrected chi connectivity index (χ3v) is 6.10. The van der Waals surface area contributed by atoms with Crippen molar-refractivity contribution in [2.24, 2.45) is 5.92 Å². The molecule has 3 atom stereocenters. The highest BCUT2D eigenvalue weighted by atomic mass is 19.4. The van der Waals surface area contributed by atoms with Crippen molar-refractivity contribution in [3.05, 3.63) is 59.2 Å². The van der Waals surface area contributed by atoms with Crippen molar-refractivity contribution in [3.63, 3.8) is 0 Å². The van der Waals surface area contributed by atoms with Gasteiger partial charge in [-0.15, -0.1) is 0 Å². The van der Waals surface area contributed by atoms with E-state index in [1.54, 1.807) is 37.3 Å². The maximum absolute atomic E-state index is 14.4. The Labute approximate surface area is 185 Å². The maximum Gasteiger partial charge on any atom is 0.417 e. The van der Waals surface area contributed by atoms with Crippen LogP contribution in [0.4, 0.5) is 26.3 Å². The van der Waals surface area contributed by atoms with Crippen molar-refractivity contribution in [1.82, 2.24) is 5.32 Å². The van der Waals surface area contributed by atoms with Gasteiger partial charge in [-0.3, -0.25) is 5.32 Å². The molecule has 3 rings (SSSR count). The predicted molar refractivity (Wildman–Crippen MR) is 114 cm³/mol. The smallest absolute Gasteiger partial charge is 0.299 e. The SMILES string of the molecule is CC(C)CC(C)c1cc(-c2ccccc2)cc(C2CCCC(C(F)(F)F)N2)c1C(F)(F)F. The van der Waals surface area contributed by atoms with Crippen molar-refractivity contribution >= 4 is 0 Å². The molecular formula is C25H29F6N. The number of alkyl halides is 6. The lowest BCUT2D eigenvalue weighted by Crippen LogP contribution is -2.47. The average Bonchev–Trinajstić information content (AvgIpc) is 2.71. The highest BCUT2D eigenvalue weighted by Crippen LogP contribution is 2.45. The molecule has 1 aliphatic heterocycles. The van der Waals surface area contributed by atoms with Crippen molar-refractivity contribution in [1.29, 1.82) is 0 Å². The Morgan fingerprint density at radius 2 is 1.56 bits per heavy atom. The van der Waals surface area contributed by atoms with Gasteiger partial charge in [-0.2, -0.15) is 26.3 Å². The molecule has 1 saturated heterocycles. The molecule has 32 heavy (non-hydrogen) atoms. The fraction of sp³-hybridized carbons (Fsp3) is 0.520. The van der Waals surface area contributed by atoms with Crippen LogP contribution in [0.15, 0.2) is 42.5 Å². The molecule has 1 fully saturated rings. The molecule has 0 aliphatic carbocycles. The molecular weight excluding hydrogens is 428 g/mol. The van der Waals surface area contributed by atoms with Crippen LogP contribution in [0.1, 0.15) is 75.1 Å². The topological polar surface area (TPSA) is 12.0 Å². The van der Waals surface area contributed by atoms with E-state index in [1.807, 2.05) is 19.9 Å². The largest absolute Gasteiger partial charge is 0.417 e. The van der Waals surface area contributed by atoms with E-state index in [1.165, 1.54) is 6.07 Å². The Balaban J connectivity index is 2.21. The molecule has 1 aliphatic rings. The van der Waals surface area contributed by atoms with Crippen LogP contribution in [0.25, 0.3) is 11.1 Å². The number of nitrogens with one attached hydrogen (secondary N) is 1. The summed E-state index contributed by atoms with van der Waals surface area (Å²) in [5, 5.41) is 2.48. The quantitative estimate of drug-likeness (QED) is 0.446. The van der Waals surface area contributed by atoms with Gasteiger partial charge in [-0.1, -0.05) is 57.2 Å². The van der Waals surface area contributed by atoms with Crippen LogP contribution < -0.4 is 5.32 Å². The predicted octanol–water partition coefficient (Wildman–Crippen LogP) is 8.27. The van der Waals surface area contributed by atoms with E-state index in [2.05, 4.69) is 5.32 Å². The van der Waals surface area contributed by atoms with Crippen LogP contribution in [0.2, 0.25) is 0 Å². The summed E-state index contributed by atoms with van der Waals surface area (Å²) in [5.41, 5.74) is 0.612. The van der Waals surface area contributed by atoms with Crippen LogP contribution in [0, 0.1) is 5.92 Å².